The van der Waals surface area contributed by atoms with Crippen molar-refractivity contribution in [2.45, 2.75) is 32.4 Å². The van der Waals surface area contributed by atoms with E-state index in [9.17, 15) is 4.79 Å². The molecule has 23 heavy (non-hydrogen) atoms. The van der Waals surface area contributed by atoms with Crippen LogP contribution < -0.4 is 5.32 Å². The molecule has 1 aliphatic rings. The molecule has 2 aromatic carbocycles. The summed E-state index contributed by atoms with van der Waals surface area (Å²) in [6, 6.07) is 18.7. The SMILES string of the molecule is C[C@H](C(=O)NCCc1ccccc1)N1CCc2ccccc2C1. The van der Waals surface area contributed by atoms with Crippen LogP contribution in [0, 0.1) is 0 Å². The first-order valence-electron chi connectivity index (χ1n) is 8.36. The van der Waals surface area contributed by atoms with Crippen molar-refractivity contribution < 1.29 is 4.79 Å². The van der Waals surface area contributed by atoms with Gasteiger partial charge in [-0.15, -0.1) is 0 Å². The minimum atomic E-state index is -0.0841. The molecule has 0 radical (unpaired) electrons. The van der Waals surface area contributed by atoms with E-state index in [1.165, 1.54) is 16.7 Å². The average Bonchev–Trinajstić information content (AvgIpc) is 2.61. The summed E-state index contributed by atoms with van der Waals surface area (Å²) >= 11 is 0. The Hall–Kier alpha value is -2.13. The van der Waals surface area contributed by atoms with Crippen LogP contribution in [0.4, 0.5) is 0 Å². The maximum atomic E-state index is 12.4. The fraction of sp³-hybridized carbons (Fsp3) is 0.350. The van der Waals surface area contributed by atoms with Crippen molar-refractivity contribution in [2.75, 3.05) is 13.1 Å². The van der Waals surface area contributed by atoms with Crippen LogP contribution in [0.2, 0.25) is 0 Å². The Morgan fingerprint density at radius 1 is 1.09 bits per heavy atom. The largest absolute Gasteiger partial charge is 0.354 e. The molecule has 1 aliphatic heterocycles. The van der Waals surface area contributed by atoms with Crippen molar-refractivity contribution in [3.8, 4) is 0 Å². The fourth-order valence-corrected chi connectivity index (χ4v) is 3.14. The van der Waals surface area contributed by atoms with Gasteiger partial charge in [0.2, 0.25) is 5.91 Å². The summed E-state index contributed by atoms with van der Waals surface area (Å²) in [5.74, 6) is 0.125. The third-order valence-electron chi connectivity index (χ3n) is 4.64. The van der Waals surface area contributed by atoms with Gasteiger partial charge in [-0.2, -0.15) is 0 Å². The van der Waals surface area contributed by atoms with Gasteiger partial charge in [-0.05, 0) is 36.5 Å². The van der Waals surface area contributed by atoms with Gasteiger partial charge in [-0.25, -0.2) is 0 Å². The van der Waals surface area contributed by atoms with Gasteiger partial charge >= 0.3 is 0 Å². The molecule has 0 fully saturated rings. The number of nitrogens with zero attached hydrogens (tertiary/aromatic N) is 1. The number of rotatable bonds is 5. The fourth-order valence-electron chi connectivity index (χ4n) is 3.14. The summed E-state index contributed by atoms with van der Waals surface area (Å²) in [5.41, 5.74) is 4.02. The Morgan fingerprint density at radius 2 is 1.78 bits per heavy atom. The lowest BCUT2D eigenvalue weighted by atomic mass is 9.99. The number of amides is 1. The highest BCUT2D eigenvalue weighted by Gasteiger charge is 2.24. The predicted octanol–water partition coefficient (Wildman–Crippen LogP) is 2.79. The zero-order chi connectivity index (χ0) is 16.1. The first kappa shape index (κ1) is 15.8. The number of hydrogen-bond acceptors (Lipinski definition) is 2. The highest BCUT2D eigenvalue weighted by atomic mass is 16.2. The Labute approximate surface area is 138 Å². The number of benzene rings is 2. The Morgan fingerprint density at radius 3 is 2.57 bits per heavy atom. The van der Waals surface area contributed by atoms with E-state index in [1.54, 1.807) is 0 Å². The van der Waals surface area contributed by atoms with Gasteiger partial charge < -0.3 is 5.32 Å². The maximum absolute atomic E-state index is 12.4. The minimum Gasteiger partial charge on any atom is -0.354 e. The van der Waals surface area contributed by atoms with Crippen LogP contribution in [0.25, 0.3) is 0 Å². The molecule has 0 aliphatic carbocycles. The summed E-state index contributed by atoms with van der Waals surface area (Å²) in [5, 5.41) is 3.07. The highest BCUT2D eigenvalue weighted by molar-refractivity contribution is 5.81. The van der Waals surface area contributed by atoms with Crippen LogP contribution in [0.15, 0.2) is 54.6 Å². The summed E-state index contributed by atoms with van der Waals surface area (Å²) in [6.07, 6.45) is 1.90. The van der Waals surface area contributed by atoms with Crippen LogP contribution >= 0.6 is 0 Å². The lowest BCUT2D eigenvalue weighted by molar-refractivity contribution is -0.126. The lowest BCUT2D eigenvalue weighted by Gasteiger charge is -2.32. The summed E-state index contributed by atoms with van der Waals surface area (Å²) < 4.78 is 0. The molecule has 120 valence electrons. The van der Waals surface area contributed by atoms with E-state index >= 15 is 0 Å². The molecular formula is C20H24N2O. The number of carbonyl (C=O) groups excluding carboxylic acids is 1. The molecule has 1 N–H and O–H groups in total. The normalized spacial score (nSPS) is 15.7. The zero-order valence-corrected chi connectivity index (χ0v) is 13.7. The van der Waals surface area contributed by atoms with Crippen molar-refractivity contribution in [3.63, 3.8) is 0 Å². The second-order valence-electron chi connectivity index (χ2n) is 6.19. The van der Waals surface area contributed by atoms with E-state index in [4.69, 9.17) is 0 Å². The monoisotopic (exact) mass is 308 g/mol. The van der Waals surface area contributed by atoms with E-state index in [1.807, 2.05) is 25.1 Å². The molecule has 1 atom stereocenters. The van der Waals surface area contributed by atoms with Gasteiger partial charge in [0.25, 0.3) is 0 Å². The van der Waals surface area contributed by atoms with Gasteiger partial charge in [0.15, 0.2) is 0 Å². The lowest BCUT2D eigenvalue weighted by Crippen LogP contribution is -2.47. The average molecular weight is 308 g/mol. The number of carbonyl (C=O) groups is 1. The molecule has 3 heteroatoms. The third-order valence-corrected chi connectivity index (χ3v) is 4.64. The highest BCUT2D eigenvalue weighted by Crippen LogP contribution is 2.20. The smallest absolute Gasteiger partial charge is 0.237 e. The molecule has 3 rings (SSSR count). The summed E-state index contributed by atoms with van der Waals surface area (Å²) in [6.45, 7) is 4.51. The molecule has 1 heterocycles. The van der Waals surface area contributed by atoms with Gasteiger partial charge in [-0.1, -0.05) is 54.6 Å². The second kappa shape index (κ2) is 7.42. The predicted molar refractivity (Wildman–Crippen MR) is 93.2 cm³/mol. The molecule has 1 amide bonds. The van der Waals surface area contributed by atoms with Gasteiger partial charge in [0.1, 0.15) is 0 Å². The minimum absolute atomic E-state index is 0.0841. The summed E-state index contributed by atoms with van der Waals surface area (Å²) in [4.78, 5) is 14.7. The van der Waals surface area contributed by atoms with Gasteiger partial charge in [0, 0.05) is 19.6 Å². The molecule has 0 bridgehead atoms. The van der Waals surface area contributed by atoms with Gasteiger partial charge in [0.05, 0.1) is 6.04 Å². The second-order valence-corrected chi connectivity index (χ2v) is 6.19. The Balaban J connectivity index is 1.50. The Bertz CT molecular complexity index is 654. The van der Waals surface area contributed by atoms with Crippen LogP contribution in [-0.2, 0) is 24.2 Å². The van der Waals surface area contributed by atoms with E-state index in [0.717, 1.165) is 25.9 Å². The topological polar surface area (TPSA) is 32.3 Å². The van der Waals surface area contributed by atoms with Crippen LogP contribution in [0.5, 0.6) is 0 Å². The third kappa shape index (κ3) is 3.99. The van der Waals surface area contributed by atoms with Crippen molar-refractivity contribution in [1.82, 2.24) is 10.2 Å². The number of nitrogens with one attached hydrogen (secondary N) is 1. The quantitative estimate of drug-likeness (QED) is 0.921. The van der Waals surface area contributed by atoms with E-state index in [0.29, 0.717) is 6.54 Å². The Kier molecular flexibility index (Phi) is 5.09. The van der Waals surface area contributed by atoms with Crippen molar-refractivity contribution in [3.05, 3.63) is 71.3 Å². The van der Waals surface area contributed by atoms with E-state index in [2.05, 4.69) is 46.6 Å². The molecule has 0 saturated heterocycles. The molecule has 0 spiro atoms. The van der Waals surface area contributed by atoms with Gasteiger partial charge in [-0.3, -0.25) is 9.69 Å². The molecule has 3 nitrogen and oxygen atoms in total. The van der Waals surface area contributed by atoms with Crippen LogP contribution in [0.1, 0.15) is 23.6 Å². The molecule has 2 aromatic rings. The molecule has 0 saturated carbocycles. The van der Waals surface area contributed by atoms with Crippen molar-refractivity contribution in [2.24, 2.45) is 0 Å². The first-order chi connectivity index (χ1) is 11.2. The molecule has 0 unspecified atom stereocenters. The summed E-state index contributed by atoms with van der Waals surface area (Å²) in [7, 11) is 0. The van der Waals surface area contributed by atoms with E-state index < -0.39 is 0 Å². The first-order valence-corrected chi connectivity index (χ1v) is 8.36. The van der Waals surface area contributed by atoms with E-state index in [-0.39, 0.29) is 11.9 Å². The molecule has 0 aromatic heterocycles. The zero-order valence-electron chi connectivity index (χ0n) is 13.7. The van der Waals surface area contributed by atoms with Crippen molar-refractivity contribution >= 4 is 5.91 Å². The number of hydrogen-bond donors (Lipinski definition) is 1. The standard InChI is InChI=1S/C20H24N2O/c1-16(20(23)21-13-11-17-7-3-2-4-8-17)22-14-12-18-9-5-6-10-19(18)15-22/h2-10,16H,11-15H2,1H3,(H,21,23)/t16-/m1/s1. The van der Waals surface area contributed by atoms with Crippen LogP contribution in [-0.4, -0.2) is 29.9 Å². The number of fused-ring (bicyclic) bond motifs is 1. The molecular weight excluding hydrogens is 284 g/mol. The van der Waals surface area contributed by atoms with Crippen LogP contribution in [0.3, 0.4) is 0 Å². The van der Waals surface area contributed by atoms with Crippen molar-refractivity contribution in [1.29, 1.82) is 0 Å². The maximum Gasteiger partial charge on any atom is 0.237 e.